The minimum Gasteiger partial charge on any atom is -0.487 e. The Hall–Kier alpha value is -3.61. The molecule has 0 radical (unpaired) electrons. The number of aryl methyl sites for hydroxylation is 1. The molecule has 0 amide bonds. The summed E-state index contributed by atoms with van der Waals surface area (Å²) in [5, 5.41) is 4.22. The van der Waals surface area contributed by atoms with Gasteiger partial charge in [-0.3, -0.25) is 4.98 Å². The molecule has 1 aliphatic heterocycles. The van der Waals surface area contributed by atoms with Gasteiger partial charge in [0, 0.05) is 24.6 Å². The highest BCUT2D eigenvalue weighted by molar-refractivity contribution is 5.87. The van der Waals surface area contributed by atoms with Crippen molar-refractivity contribution in [2.24, 2.45) is 5.16 Å². The summed E-state index contributed by atoms with van der Waals surface area (Å²) >= 11 is 0. The van der Waals surface area contributed by atoms with Gasteiger partial charge in [-0.15, -0.1) is 0 Å². The Morgan fingerprint density at radius 3 is 2.69 bits per heavy atom. The van der Waals surface area contributed by atoms with Crippen LogP contribution in [0, 0.1) is 6.92 Å². The first kappa shape index (κ1) is 18.7. The molecule has 148 valence electrons. The Labute approximate surface area is 169 Å². The number of hydrogen-bond acceptors (Lipinski definition) is 7. The second-order valence-corrected chi connectivity index (χ2v) is 7.10. The Bertz CT molecular complexity index is 1030. The lowest BCUT2D eigenvalue weighted by Crippen LogP contribution is -2.07. The monoisotopic (exact) mass is 389 g/mol. The third kappa shape index (κ3) is 4.63. The minimum atomic E-state index is -0.220. The van der Waals surface area contributed by atoms with Crippen LogP contribution in [0.1, 0.15) is 34.9 Å². The molecule has 2 aromatic heterocycles. The Balaban J connectivity index is 1.32. The third-order valence-corrected chi connectivity index (χ3v) is 4.75. The number of hydrogen-bond donors (Lipinski definition) is 2. The smallest absolute Gasteiger partial charge is 0.161 e. The van der Waals surface area contributed by atoms with E-state index in [9.17, 15) is 0 Å². The average molecular weight is 389 g/mol. The molecule has 0 fully saturated rings. The van der Waals surface area contributed by atoms with E-state index in [4.69, 9.17) is 21.0 Å². The van der Waals surface area contributed by atoms with Crippen molar-refractivity contribution in [1.29, 1.82) is 0 Å². The Morgan fingerprint density at radius 2 is 1.93 bits per heavy atom. The van der Waals surface area contributed by atoms with Gasteiger partial charge in [0.2, 0.25) is 0 Å². The van der Waals surface area contributed by atoms with E-state index < -0.39 is 0 Å². The molecule has 4 rings (SSSR count). The maximum atomic E-state index is 5.95. The van der Waals surface area contributed by atoms with Gasteiger partial charge >= 0.3 is 0 Å². The highest BCUT2D eigenvalue weighted by atomic mass is 16.6. The summed E-state index contributed by atoms with van der Waals surface area (Å²) < 4.78 is 5.82. The van der Waals surface area contributed by atoms with Crippen molar-refractivity contribution >= 4 is 17.3 Å². The summed E-state index contributed by atoms with van der Waals surface area (Å²) in [4.78, 5) is 14.0. The van der Waals surface area contributed by atoms with Crippen LogP contribution in [0.4, 0.5) is 11.6 Å². The first-order valence-corrected chi connectivity index (χ1v) is 9.43. The molecule has 3 aromatic rings. The van der Waals surface area contributed by atoms with E-state index in [1.165, 1.54) is 5.56 Å². The second-order valence-electron chi connectivity index (χ2n) is 7.10. The molecule has 1 aliphatic rings. The van der Waals surface area contributed by atoms with Crippen LogP contribution in [0.5, 0.6) is 5.75 Å². The van der Waals surface area contributed by atoms with Gasteiger partial charge in [-0.25, -0.2) is 4.98 Å². The molecule has 0 spiro atoms. The van der Waals surface area contributed by atoms with E-state index in [1.807, 2.05) is 49.4 Å². The number of rotatable bonds is 6. The summed E-state index contributed by atoms with van der Waals surface area (Å²) in [6.45, 7) is 2.48. The van der Waals surface area contributed by atoms with Crippen molar-refractivity contribution in [2.75, 3.05) is 11.5 Å². The molecule has 0 bridgehead atoms. The Kier molecular flexibility index (Phi) is 5.29. The van der Waals surface area contributed by atoms with Gasteiger partial charge in [0.15, 0.2) is 6.10 Å². The number of nitrogens with two attached hydrogens (primary N) is 2. The average Bonchev–Trinajstić information content (AvgIpc) is 3.16. The molecule has 1 aromatic carbocycles. The van der Waals surface area contributed by atoms with Gasteiger partial charge in [0.25, 0.3) is 0 Å². The lowest BCUT2D eigenvalue weighted by atomic mass is 10.0. The van der Waals surface area contributed by atoms with Crippen LogP contribution < -0.4 is 16.2 Å². The Morgan fingerprint density at radius 1 is 1.10 bits per heavy atom. The van der Waals surface area contributed by atoms with Gasteiger partial charge in [0.1, 0.15) is 24.0 Å². The number of anilines is 2. The molecule has 0 aliphatic carbocycles. The van der Waals surface area contributed by atoms with Crippen LogP contribution in [0.3, 0.4) is 0 Å². The van der Waals surface area contributed by atoms with Gasteiger partial charge in [-0.1, -0.05) is 17.3 Å². The van der Waals surface area contributed by atoms with E-state index in [0.717, 1.165) is 28.3 Å². The predicted molar refractivity (Wildman–Crippen MR) is 112 cm³/mol. The maximum Gasteiger partial charge on any atom is 0.161 e. The standard InChI is InChI=1S/C22H23N5O2/c1-14-8-9-25-17(10-14)13-28-18-4-2-15(3-5-18)11-16-12-20(29-27-16)19-6-7-21(23)26-22(19)24/h2-10,20H,11-13H2,1H3,(H4,23,24,26). The van der Waals surface area contributed by atoms with E-state index in [0.29, 0.717) is 31.1 Å². The van der Waals surface area contributed by atoms with E-state index in [2.05, 4.69) is 15.1 Å². The van der Waals surface area contributed by atoms with Crippen molar-refractivity contribution in [3.05, 3.63) is 77.1 Å². The summed E-state index contributed by atoms with van der Waals surface area (Å²) in [7, 11) is 0. The van der Waals surface area contributed by atoms with Gasteiger partial charge in [-0.05, 0) is 54.4 Å². The summed E-state index contributed by atoms with van der Waals surface area (Å²) in [5.74, 6) is 1.59. The zero-order valence-electron chi connectivity index (χ0n) is 16.2. The molecule has 0 saturated carbocycles. The predicted octanol–water partition coefficient (Wildman–Crippen LogP) is 3.59. The van der Waals surface area contributed by atoms with E-state index in [-0.39, 0.29) is 6.10 Å². The SMILES string of the molecule is Cc1ccnc(COc2ccc(CC3=NOC(c4ccc(N)nc4N)C3)cc2)c1. The summed E-state index contributed by atoms with van der Waals surface area (Å²) in [6, 6.07) is 15.5. The fraction of sp³-hybridized carbons (Fsp3) is 0.227. The highest BCUT2D eigenvalue weighted by Crippen LogP contribution is 2.31. The van der Waals surface area contributed by atoms with Crippen LogP contribution in [0.2, 0.25) is 0 Å². The molecule has 4 N–H and O–H groups in total. The van der Waals surface area contributed by atoms with Gasteiger partial charge in [-0.2, -0.15) is 0 Å². The quantitative estimate of drug-likeness (QED) is 0.667. The van der Waals surface area contributed by atoms with Crippen molar-refractivity contribution in [3.63, 3.8) is 0 Å². The highest BCUT2D eigenvalue weighted by Gasteiger charge is 2.25. The number of nitrogen functional groups attached to an aromatic ring is 2. The minimum absolute atomic E-state index is 0.220. The van der Waals surface area contributed by atoms with Crippen LogP contribution in [-0.4, -0.2) is 15.7 Å². The number of aromatic nitrogens is 2. The maximum absolute atomic E-state index is 5.95. The largest absolute Gasteiger partial charge is 0.487 e. The normalized spacial score (nSPS) is 15.6. The molecule has 29 heavy (non-hydrogen) atoms. The summed E-state index contributed by atoms with van der Waals surface area (Å²) in [5.41, 5.74) is 16.6. The molecule has 3 heterocycles. The molecule has 1 unspecified atom stereocenters. The van der Waals surface area contributed by atoms with Gasteiger partial charge < -0.3 is 21.0 Å². The first-order chi connectivity index (χ1) is 14.1. The molecular weight excluding hydrogens is 366 g/mol. The molecule has 7 nitrogen and oxygen atoms in total. The van der Waals surface area contributed by atoms with Crippen LogP contribution in [0.25, 0.3) is 0 Å². The van der Waals surface area contributed by atoms with Gasteiger partial charge in [0.05, 0.1) is 11.4 Å². The van der Waals surface area contributed by atoms with Crippen molar-refractivity contribution in [3.8, 4) is 5.75 Å². The number of oxime groups is 1. The van der Waals surface area contributed by atoms with E-state index in [1.54, 1.807) is 12.3 Å². The van der Waals surface area contributed by atoms with Crippen molar-refractivity contribution in [2.45, 2.75) is 32.5 Å². The fourth-order valence-corrected chi connectivity index (χ4v) is 3.25. The number of ether oxygens (including phenoxy) is 1. The lowest BCUT2D eigenvalue weighted by molar-refractivity contribution is 0.0860. The number of nitrogens with zero attached hydrogens (tertiary/aromatic N) is 3. The van der Waals surface area contributed by atoms with Crippen molar-refractivity contribution < 1.29 is 9.57 Å². The van der Waals surface area contributed by atoms with E-state index >= 15 is 0 Å². The molecule has 0 saturated heterocycles. The molecule has 7 heteroatoms. The van der Waals surface area contributed by atoms with Crippen LogP contribution in [0.15, 0.2) is 59.9 Å². The van der Waals surface area contributed by atoms with Crippen LogP contribution in [-0.2, 0) is 17.9 Å². The fourth-order valence-electron chi connectivity index (χ4n) is 3.25. The lowest BCUT2D eigenvalue weighted by Gasteiger charge is -2.11. The number of pyridine rings is 2. The topological polar surface area (TPSA) is 109 Å². The third-order valence-electron chi connectivity index (χ3n) is 4.75. The zero-order valence-corrected chi connectivity index (χ0v) is 16.2. The first-order valence-electron chi connectivity index (χ1n) is 9.43. The summed E-state index contributed by atoms with van der Waals surface area (Å²) in [6.07, 6.45) is 2.96. The number of benzene rings is 1. The van der Waals surface area contributed by atoms with Crippen molar-refractivity contribution in [1.82, 2.24) is 9.97 Å². The van der Waals surface area contributed by atoms with Crippen LogP contribution >= 0.6 is 0 Å². The molecular formula is C22H23N5O2. The molecule has 1 atom stereocenters. The second kappa shape index (κ2) is 8.18. The zero-order chi connectivity index (χ0) is 20.2.